The third-order valence-corrected chi connectivity index (χ3v) is 2.48. The second kappa shape index (κ2) is 4.26. The SMILES string of the molecule is Cc1ccc(OCc2cnn(C)c2N)cc1. The zero-order chi connectivity index (χ0) is 11.5. The van der Waals surface area contributed by atoms with Crippen LogP contribution in [-0.2, 0) is 13.7 Å². The highest BCUT2D eigenvalue weighted by atomic mass is 16.5. The Hall–Kier alpha value is -1.97. The number of nitrogens with two attached hydrogens (primary N) is 1. The van der Waals surface area contributed by atoms with Crippen LogP contribution in [0.2, 0.25) is 0 Å². The molecular formula is C12H15N3O. The van der Waals surface area contributed by atoms with Crippen molar-refractivity contribution < 1.29 is 4.74 Å². The minimum atomic E-state index is 0.447. The Labute approximate surface area is 94.6 Å². The Morgan fingerprint density at radius 3 is 2.56 bits per heavy atom. The van der Waals surface area contributed by atoms with Crippen LogP contribution in [0.5, 0.6) is 5.75 Å². The molecule has 4 nitrogen and oxygen atoms in total. The van der Waals surface area contributed by atoms with E-state index in [-0.39, 0.29) is 0 Å². The summed E-state index contributed by atoms with van der Waals surface area (Å²) < 4.78 is 7.24. The van der Waals surface area contributed by atoms with Gasteiger partial charge in [-0.2, -0.15) is 5.10 Å². The summed E-state index contributed by atoms with van der Waals surface area (Å²) in [6.45, 7) is 2.49. The molecule has 0 amide bonds. The molecule has 16 heavy (non-hydrogen) atoms. The minimum absolute atomic E-state index is 0.447. The average Bonchev–Trinajstić information content (AvgIpc) is 2.60. The molecule has 0 aliphatic heterocycles. The summed E-state index contributed by atoms with van der Waals surface area (Å²) in [5, 5.41) is 4.05. The molecule has 0 aliphatic rings. The number of nitrogen functional groups attached to an aromatic ring is 1. The standard InChI is InChI=1S/C12H15N3O/c1-9-3-5-11(6-4-9)16-8-10-7-14-15(2)12(10)13/h3-7H,8,13H2,1-2H3. The van der Waals surface area contributed by atoms with Crippen molar-refractivity contribution in [3.05, 3.63) is 41.6 Å². The van der Waals surface area contributed by atoms with Crippen molar-refractivity contribution in [2.75, 3.05) is 5.73 Å². The zero-order valence-corrected chi connectivity index (χ0v) is 9.47. The van der Waals surface area contributed by atoms with Crippen molar-refractivity contribution in [1.29, 1.82) is 0 Å². The first-order valence-electron chi connectivity index (χ1n) is 5.12. The van der Waals surface area contributed by atoms with Crippen molar-refractivity contribution >= 4 is 5.82 Å². The highest BCUT2D eigenvalue weighted by Crippen LogP contribution is 2.16. The Morgan fingerprint density at radius 1 is 1.31 bits per heavy atom. The van der Waals surface area contributed by atoms with Crippen molar-refractivity contribution in [2.45, 2.75) is 13.5 Å². The lowest BCUT2D eigenvalue weighted by atomic mass is 10.2. The molecule has 0 aliphatic carbocycles. The summed E-state index contributed by atoms with van der Waals surface area (Å²) in [6.07, 6.45) is 1.73. The summed E-state index contributed by atoms with van der Waals surface area (Å²) in [4.78, 5) is 0. The van der Waals surface area contributed by atoms with Crippen molar-refractivity contribution in [1.82, 2.24) is 9.78 Å². The lowest BCUT2D eigenvalue weighted by Gasteiger charge is -2.05. The van der Waals surface area contributed by atoms with Crippen LogP contribution < -0.4 is 10.5 Å². The van der Waals surface area contributed by atoms with Gasteiger partial charge in [-0.1, -0.05) is 17.7 Å². The smallest absolute Gasteiger partial charge is 0.127 e. The van der Waals surface area contributed by atoms with Gasteiger partial charge < -0.3 is 10.5 Å². The molecule has 0 spiro atoms. The minimum Gasteiger partial charge on any atom is -0.489 e. The number of aryl methyl sites for hydroxylation is 2. The van der Waals surface area contributed by atoms with Crippen LogP contribution in [0.4, 0.5) is 5.82 Å². The number of hydrogen-bond acceptors (Lipinski definition) is 3. The van der Waals surface area contributed by atoms with E-state index in [4.69, 9.17) is 10.5 Å². The fourth-order valence-corrected chi connectivity index (χ4v) is 1.40. The fraction of sp³-hybridized carbons (Fsp3) is 0.250. The van der Waals surface area contributed by atoms with Gasteiger partial charge in [0.05, 0.1) is 11.8 Å². The summed E-state index contributed by atoms with van der Waals surface area (Å²) in [5.41, 5.74) is 7.93. The lowest BCUT2D eigenvalue weighted by Crippen LogP contribution is -2.02. The van der Waals surface area contributed by atoms with Gasteiger partial charge in [-0.25, -0.2) is 0 Å². The molecule has 1 heterocycles. The van der Waals surface area contributed by atoms with Gasteiger partial charge >= 0.3 is 0 Å². The maximum absolute atomic E-state index is 5.81. The molecule has 0 saturated carbocycles. The molecule has 0 radical (unpaired) electrons. The Bertz CT molecular complexity index is 474. The van der Waals surface area contributed by atoms with Gasteiger partial charge in [-0.15, -0.1) is 0 Å². The van der Waals surface area contributed by atoms with Crippen LogP contribution in [0, 0.1) is 6.92 Å². The summed E-state index contributed by atoms with van der Waals surface area (Å²) in [7, 11) is 1.81. The van der Waals surface area contributed by atoms with Crippen LogP contribution in [0.1, 0.15) is 11.1 Å². The van der Waals surface area contributed by atoms with Crippen molar-refractivity contribution in [2.24, 2.45) is 7.05 Å². The number of aromatic nitrogens is 2. The Kier molecular flexibility index (Phi) is 2.81. The third-order valence-electron chi connectivity index (χ3n) is 2.48. The quantitative estimate of drug-likeness (QED) is 0.854. The molecule has 1 aromatic carbocycles. The lowest BCUT2D eigenvalue weighted by molar-refractivity contribution is 0.307. The fourth-order valence-electron chi connectivity index (χ4n) is 1.40. The molecule has 1 aromatic heterocycles. The topological polar surface area (TPSA) is 53.1 Å². The van der Waals surface area contributed by atoms with Gasteiger partial charge in [0, 0.05) is 7.05 Å². The van der Waals surface area contributed by atoms with Gasteiger partial charge in [-0.3, -0.25) is 4.68 Å². The molecule has 84 valence electrons. The molecule has 2 N–H and O–H groups in total. The number of rotatable bonds is 3. The Balaban J connectivity index is 2.02. The van der Waals surface area contributed by atoms with E-state index in [9.17, 15) is 0 Å². The molecule has 2 rings (SSSR count). The van der Waals surface area contributed by atoms with E-state index < -0.39 is 0 Å². The van der Waals surface area contributed by atoms with Gasteiger partial charge in [0.25, 0.3) is 0 Å². The normalized spacial score (nSPS) is 10.4. The zero-order valence-electron chi connectivity index (χ0n) is 9.47. The second-order valence-corrected chi connectivity index (χ2v) is 3.78. The largest absolute Gasteiger partial charge is 0.489 e. The van der Waals surface area contributed by atoms with Gasteiger partial charge in [0.15, 0.2) is 0 Å². The number of ether oxygens (including phenoxy) is 1. The summed E-state index contributed by atoms with van der Waals surface area (Å²) >= 11 is 0. The summed E-state index contributed by atoms with van der Waals surface area (Å²) in [6, 6.07) is 7.92. The van der Waals surface area contributed by atoms with Gasteiger partial charge in [0.1, 0.15) is 18.2 Å². The van der Waals surface area contributed by atoms with E-state index in [2.05, 4.69) is 5.10 Å². The number of anilines is 1. The monoisotopic (exact) mass is 217 g/mol. The van der Waals surface area contributed by atoms with E-state index in [1.807, 2.05) is 38.2 Å². The molecular weight excluding hydrogens is 202 g/mol. The highest BCUT2D eigenvalue weighted by Gasteiger charge is 2.04. The van der Waals surface area contributed by atoms with Crippen molar-refractivity contribution in [3.8, 4) is 5.75 Å². The number of nitrogens with zero attached hydrogens (tertiary/aromatic N) is 2. The predicted molar refractivity (Wildman–Crippen MR) is 63.1 cm³/mol. The molecule has 0 unspecified atom stereocenters. The predicted octanol–water partition coefficient (Wildman–Crippen LogP) is 1.89. The molecule has 2 aromatic rings. The van der Waals surface area contributed by atoms with E-state index >= 15 is 0 Å². The first-order chi connectivity index (χ1) is 7.66. The van der Waals surface area contributed by atoms with Gasteiger partial charge in [0.2, 0.25) is 0 Å². The van der Waals surface area contributed by atoms with E-state index in [1.165, 1.54) is 5.56 Å². The van der Waals surface area contributed by atoms with Crippen LogP contribution in [0.25, 0.3) is 0 Å². The molecule has 4 heteroatoms. The number of benzene rings is 1. The van der Waals surface area contributed by atoms with Crippen LogP contribution in [0.15, 0.2) is 30.5 Å². The van der Waals surface area contributed by atoms with Gasteiger partial charge in [-0.05, 0) is 19.1 Å². The Morgan fingerprint density at radius 2 is 2.00 bits per heavy atom. The van der Waals surface area contributed by atoms with E-state index in [0.29, 0.717) is 12.4 Å². The van der Waals surface area contributed by atoms with Crippen molar-refractivity contribution in [3.63, 3.8) is 0 Å². The van der Waals surface area contributed by atoms with E-state index in [0.717, 1.165) is 11.3 Å². The van der Waals surface area contributed by atoms with E-state index in [1.54, 1.807) is 10.9 Å². The molecule has 0 bridgehead atoms. The van der Waals surface area contributed by atoms with Crippen LogP contribution in [0.3, 0.4) is 0 Å². The maximum atomic E-state index is 5.81. The molecule has 0 fully saturated rings. The number of hydrogen-bond donors (Lipinski definition) is 1. The maximum Gasteiger partial charge on any atom is 0.127 e. The first kappa shape index (κ1) is 10.5. The molecule has 0 atom stereocenters. The average molecular weight is 217 g/mol. The highest BCUT2D eigenvalue weighted by molar-refractivity contribution is 5.38. The first-order valence-corrected chi connectivity index (χ1v) is 5.12. The van der Waals surface area contributed by atoms with Crippen LogP contribution >= 0.6 is 0 Å². The second-order valence-electron chi connectivity index (χ2n) is 3.78. The third kappa shape index (κ3) is 2.16. The molecule has 0 saturated heterocycles. The summed E-state index contributed by atoms with van der Waals surface area (Å²) in [5.74, 6) is 1.49. The van der Waals surface area contributed by atoms with Crippen LogP contribution in [-0.4, -0.2) is 9.78 Å².